The van der Waals surface area contributed by atoms with E-state index in [1.165, 1.54) is 0 Å². The van der Waals surface area contributed by atoms with Gasteiger partial charge in [0.05, 0.1) is 5.30 Å². The first-order chi connectivity index (χ1) is 24.6. The predicted molar refractivity (Wildman–Crippen MR) is 198 cm³/mol. The highest BCUT2D eigenvalue weighted by molar-refractivity contribution is 7.69. The lowest BCUT2D eigenvalue weighted by Gasteiger charge is -2.30. The zero-order chi connectivity index (χ0) is 34.3. The Labute approximate surface area is 293 Å². The van der Waals surface area contributed by atoms with Gasteiger partial charge in [0.25, 0.3) is 0 Å². The molecular weight excluding hydrogens is 647 g/mol. The molecule has 0 spiro atoms. The van der Waals surface area contributed by atoms with Crippen LogP contribution in [0.3, 0.4) is 0 Å². The summed E-state index contributed by atoms with van der Waals surface area (Å²) in [6, 6.07) is 45.4. The van der Waals surface area contributed by atoms with E-state index in [-0.39, 0.29) is 13.2 Å². The number of fused-ring (bicyclic) bond motifs is 4. The van der Waals surface area contributed by atoms with Crippen molar-refractivity contribution in [2.45, 2.75) is 19.3 Å². The number of hydrogen-bond donors (Lipinski definition) is 0. The summed E-state index contributed by atoms with van der Waals surface area (Å²) < 4.78 is 31.9. The third-order valence-corrected chi connectivity index (χ3v) is 10.1. The molecule has 0 amide bonds. The zero-order valence-electron chi connectivity index (χ0n) is 27.9. The molecule has 0 fully saturated rings. The molecule has 3 atom stereocenters. The SMILES string of the molecule is C=C(C)C(OC)OC(COc1ccccc1)COc1c(P2Oc3ccccc3-c3ccccc32)cc(OOc2ccccc2)c2ccccc12. The van der Waals surface area contributed by atoms with Gasteiger partial charge in [0, 0.05) is 34.8 Å². The lowest BCUT2D eigenvalue weighted by atomic mass is 10.0. The van der Waals surface area contributed by atoms with Gasteiger partial charge in [-0.05, 0) is 48.4 Å². The molecule has 252 valence electrons. The highest BCUT2D eigenvalue weighted by atomic mass is 31.1. The van der Waals surface area contributed by atoms with Crippen molar-refractivity contribution < 1.29 is 33.2 Å². The summed E-state index contributed by atoms with van der Waals surface area (Å²) in [6.45, 7) is 6.29. The van der Waals surface area contributed by atoms with Gasteiger partial charge in [0.15, 0.2) is 25.9 Å². The van der Waals surface area contributed by atoms with Crippen molar-refractivity contribution in [2.24, 2.45) is 0 Å². The summed E-state index contributed by atoms with van der Waals surface area (Å²) in [6.07, 6.45) is -1.16. The van der Waals surface area contributed by atoms with Gasteiger partial charge in [0.2, 0.25) is 0 Å². The Bertz CT molecular complexity index is 2070. The van der Waals surface area contributed by atoms with E-state index in [2.05, 4.69) is 30.8 Å². The van der Waals surface area contributed by atoms with Gasteiger partial charge in [-0.3, -0.25) is 9.78 Å². The molecule has 1 heterocycles. The van der Waals surface area contributed by atoms with E-state index >= 15 is 0 Å². The topological polar surface area (TPSA) is 64.6 Å². The van der Waals surface area contributed by atoms with Gasteiger partial charge in [-0.15, -0.1) is 0 Å². The van der Waals surface area contributed by atoms with Crippen molar-refractivity contribution in [1.82, 2.24) is 0 Å². The monoisotopic (exact) mass is 684 g/mol. The molecule has 7 nitrogen and oxygen atoms in total. The Morgan fingerprint density at radius 2 is 1.28 bits per heavy atom. The molecule has 7 rings (SSSR count). The molecule has 3 unspecified atom stereocenters. The van der Waals surface area contributed by atoms with Crippen LogP contribution in [0, 0.1) is 0 Å². The van der Waals surface area contributed by atoms with E-state index in [1.807, 2.05) is 122 Å². The summed E-state index contributed by atoms with van der Waals surface area (Å²) >= 11 is 0. The van der Waals surface area contributed by atoms with Gasteiger partial charge in [-0.1, -0.05) is 110 Å². The van der Waals surface area contributed by atoms with Crippen molar-refractivity contribution >= 4 is 29.5 Å². The lowest BCUT2D eigenvalue weighted by molar-refractivity contribution is -0.148. The van der Waals surface area contributed by atoms with Crippen molar-refractivity contribution in [3.8, 4) is 39.9 Å². The Morgan fingerprint density at radius 3 is 2.02 bits per heavy atom. The van der Waals surface area contributed by atoms with Gasteiger partial charge in [-0.2, -0.15) is 0 Å². The van der Waals surface area contributed by atoms with Crippen LogP contribution in [0.4, 0.5) is 0 Å². The fourth-order valence-corrected chi connectivity index (χ4v) is 7.82. The van der Waals surface area contributed by atoms with Crippen LogP contribution < -0.4 is 34.4 Å². The number of rotatable bonds is 14. The number of para-hydroxylation sites is 3. The van der Waals surface area contributed by atoms with Gasteiger partial charge >= 0.3 is 0 Å². The Morgan fingerprint density at radius 1 is 0.660 bits per heavy atom. The second kappa shape index (κ2) is 15.5. The van der Waals surface area contributed by atoms with Crippen LogP contribution in [0.5, 0.6) is 28.7 Å². The molecule has 1 aliphatic rings. The molecule has 8 heteroatoms. The smallest absolute Gasteiger partial charge is 0.187 e. The Balaban J connectivity index is 1.30. The first-order valence-electron chi connectivity index (χ1n) is 16.3. The van der Waals surface area contributed by atoms with Gasteiger partial charge in [0.1, 0.15) is 36.6 Å². The summed E-state index contributed by atoms with van der Waals surface area (Å²) in [5.74, 6) is 3.31. The summed E-state index contributed by atoms with van der Waals surface area (Å²) in [5, 5.41) is 3.55. The van der Waals surface area contributed by atoms with E-state index in [0.717, 1.165) is 49.6 Å². The zero-order valence-corrected chi connectivity index (χ0v) is 28.8. The summed E-state index contributed by atoms with van der Waals surface area (Å²) in [4.78, 5) is 11.9. The number of ether oxygens (including phenoxy) is 4. The first kappa shape index (κ1) is 33.2. The fourth-order valence-electron chi connectivity index (χ4n) is 5.77. The third-order valence-electron chi connectivity index (χ3n) is 8.14. The quantitative estimate of drug-likeness (QED) is 0.0373. The Kier molecular flexibility index (Phi) is 10.3. The summed E-state index contributed by atoms with van der Waals surface area (Å²) in [7, 11) is 0.172. The van der Waals surface area contributed by atoms with E-state index in [9.17, 15) is 0 Å². The lowest BCUT2D eigenvalue weighted by Crippen LogP contribution is -2.35. The molecule has 6 aromatic carbocycles. The molecule has 0 saturated heterocycles. The van der Waals surface area contributed by atoms with Crippen molar-refractivity contribution in [3.63, 3.8) is 0 Å². The maximum Gasteiger partial charge on any atom is 0.187 e. The average molecular weight is 685 g/mol. The van der Waals surface area contributed by atoms with E-state index in [4.69, 9.17) is 33.2 Å². The fraction of sp³-hybridized carbons (Fsp3) is 0.143. The van der Waals surface area contributed by atoms with Crippen molar-refractivity contribution in [2.75, 3.05) is 20.3 Å². The third kappa shape index (κ3) is 7.31. The second-order valence-corrected chi connectivity index (χ2v) is 13.5. The molecule has 6 aromatic rings. The molecule has 50 heavy (non-hydrogen) atoms. The average Bonchev–Trinajstić information content (AvgIpc) is 3.17. The maximum atomic E-state index is 6.88. The predicted octanol–water partition coefficient (Wildman–Crippen LogP) is 9.01. The maximum absolute atomic E-state index is 6.88. The minimum atomic E-state index is -1.42. The minimum absolute atomic E-state index is 0.152. The highest BCUT2D eigenvalue weighted by Crippen LogP contribution is 2.51. The van der Waals surface area contributed by atoms with Crippen LogP contribution in [0.15, 0.2) is 152 Å². The van der Waals surface area contributed by atoms with Gasteiger partial charge < -0.3 is 23.5 Å². The largest absolute Gasteiger partial charge is 0.491 e. The van der Waals surface area contributed by atoms with Crippen LogP contribution in [0.1, 0.15) is 6.92 Å². The van der Waals surface area contributed by atoms with Crippen LogP contribution in [0.2, 0.25) is 0 Å². The Hall–Kier alpha value is -5.33. The first-order valence-corrected chi connectivity index (χ1v) is 17.6. The van der Waals surface area contributed by atoms with Crippen molar-refractivity contribution in [1.29, 1.82) is 0 Å². The number of hydrogen-bond acceptors (Lipinski definition) is 7. The highest BCUT2D eigenvalue weighted by Gasteiger charge is 2.33. The van der Waals surface area contributed by atoms with E-state index in [0.29, 0.717) is 17.2 Å². The minimum Gasteiger partial charge on any atom is -0.491 e. The molecule has 0 radical (unpaired) electrons. The van der Waals surface area contributed by atoms with Crippen LogP contribution in [0.25, 0.3) is 21.9 Å². The molecule has 0 aromatic heterocycles. The van der Waals surface area contributed by atoms with Gasteiger partial charge in [-0.25, -0.2) is 0 Å². The van der Waals surface area contributed by atoms with Crippen molar-refractivity contribution in [3.05, 3.63) is 152 Å². The van der Waals surface area contributed by atoms with E-state index < -0.39 is 20.5 Å². The molecule has 0 saturated carbocycles. The molecule has 0 bridgehead atoms. The van der Waals surface area contributed by atoms with Crippen LogP contribution >= 0.6 is 8.15 Å². The normalized spacial score (nSPS) is 14.4. The van der Waals surface area contributed by atoms with Crippen LogP contribution in [-0.2, 0) is 9.47 Å². The molecule has 1 aliphatic heterocycles. The second-order valence-electron chi connectivity index (χ2n) is 11.8. The molecule has 0 N–H and O–H groups in total. The molecule has 0 aliphatic carbocycles. The standard InChI is InChI=1S/C42H37O7P/c1-29(2)42(43-3)46-32(27-44-30-16-6-4-7-17-30)28-45-41-36-23-11-10-21-34(36)38(48-47-31-18-8-5-9-19-31)26-40(41)50-39-25-15-13-22-35(39)33-20-12-14-24-37(33)49-50/h4-26,32,42H,1,27-28H2,2-3H3. The summed E-state index contributed by atoms with van der Waals surface area (Å²) in [5.41, 5.74) is 2.90. The number of benzene rings is 6. The van der Waals surface area contributed by atoms with E-state index in [1.54, 1.807) is 7.11 Å². The van der Waals surface area contributed by atoms with Crippen LogP contribution in [-0.4, -0.2) is 32.7 Å². The number of methoxy groups -OCH3 is 1. The molecular formula is C42H37O7P.